The molecule has 1 aliphatic heterocycles. The third kappa shape index (κ3) is 7.87. The van der Waals surface area contributed by atoms with Crippen molar-refractivity contribution in [1.29, 1.82) is 0 Å². The maximum atomic E-state index is 12.1. The fourth-order valence-corrected chi connectivity index (χ4v) is 5.64. The topological polar surface area (TPSA) is 233 Å². The normalized spacial score (nSPS) is 25.5. The van der Waals surface area contributed by atoms with Gasteiger partial charge in [-0.2, -0.15) is 8.62 Å². The van der Waals surface area contributed by atoms with Crippen molar-refractivity contribution in [2.24, 2.45) is 0 Å². The van der Waals surface area contributed by atoms with Crippen LogP contribution in [0.25, 0.3) is 0 Å². The fraction of sp³-hybridized carbons (Fsp3) is 0.538. The molecule has 1 aromatic heterocycles. The second kappa shape index (κ2) is 10.2. The van der Waals surface area contributed by atoms with E-state index in [2.05, 4.69) is 18.1 Å². The summed E-state index contributed by atoms with van der Waals surface area (Å²) in [5, 5.41) is 0. The minimum Gasteiger partial charge on any atom is -0.495 e. The van der Waals surface area contributed by atoms with Crippen molar-refractivity contribution in [3.05, 3.63) is 44.9 Å². The van der Waals surface area contributed by atoms with Gasteiger partial charge in [0.15, 0.2) is 0 Å². The fourth-order valence-electron chi connectivity index (χ4n) is 2.61. The van der Waals surface area contributed by atoms with Crippen molar-refractivity contribution in [2.75, 3.05) is 6.61 Å². The molecule has 0 aliphatic carbocycles. The van der Waals surface area contributed by atoms with Crippen LogP contribution >= 0.6 is 23.5 Å². The van der Waals surface area contributed by atoms with Crippen molar-refractivity contribution in [3.8, 4) is 0 Å². The molecule has 5 N–H and O–H groups in total. The van der Waals surface area contributed by atoms with Crippen LogP contribution in [0, 0.1) is 6.92 Å². The number of hydrogen-bond acceptors (Lipinski definition) is 10. The number of aryl methyl sites for hydroxylation is 1. The monoisotopic (exact) mass is 522 g/mol. The lowest BCUT2D eigenvalue weighted by Gasteiger charge is -2.20. The van der Waals surface area contributed by atoms with Gasteiger partial charge in [-0.15, -0.1) is 0 Å². The minimum atomic E-state index is -5.67. The average Bonchev–Trinajstić information content (AvgIpc) is 3.01. The second-order valence-corrected chi connectivity index (χ2v) is 10.8. The third-order valence-electron chi connectivity index (χ3n) is 3.84. The van der Waals surface area contributed by atoms with Gasteiger partial charge in [0, 0.05) is 18.2 Å². The Hall–Kier alpha value is -1.41. The molecule has 0 amide bonds. The van der Waals surface area contributed by atoms with Crippen LogP contribution in [0.1, 0.15) is 25.1 Å². The number of ether oxygens (including phenoxy) is 2. The molecular formula is C13H21N2O14P3. The van der Waals surface area contributed by atoms with E-state index in [1.165, 1.54) is 25.5 Å². The van der Waals surface area contributed by atoms with E-state index in [-0.39, 0.29) is 12.0 Å². The van der Waals surface area contributed by atoms with E-state index in [0.717, 1.165) is 4.57 Å². The molecule has 5 atom stereocenters. The van der Waals surface area contributed by atoms with Crippen molar-refractivity contribution in [1.82, 2.24) is 9.55 Å². The Balaban J connectivity index is 2.14. The number of nitrogens with one attached hydrogen (secondary N) is 1. The first-order chi connectivity index (χ1) is 14.6. The summed E-state index contributed by atoms with van der Waals surface area (Å²) in [5.41, 5.74) is -1.14. The highest BCUT2D eigenvalue weighted by Crippen LogP contribution is 2.66. The first-order valence-corrected chi connectivity index (χ1v) is 13.2. The molecule has 0 spiro atoms. The highest BCUT2D eigenvalue weighted by atomic mass is 31.3. The molecule has 1 aliphatic rings. The van der Waals surface area contributed by atoms with Gasteiger partial charge in [0.2, 0.25) is 0 Å². The van der Waals surface area contributed by atoms with Crippen LogP contribution in [0.15, 0.2) is 28.1 Å². The molecule has 2 heterocycles. The van der Waals surface area contributed by atoms with E-state index >= 15 is 0 Å². The van der Waals surface area contributed by atoms with E-state index in [4.69, 9.17) is 19.3 Å². The Bertz CT molecular complexity index is 1110. The number of aromatic nitrogens is 2. The van der Waals surface area contributed by atoms with Crippen molar-refractivity contribution in [3.63, 3.8) is 0 Å². The zero-order valence-corrected chi connectivity index (χ0v) is 19.2. The van der Waals surface area contributed by atoms with Crippen LogP contribution in [-0.2, 0) is 36.3 Å². The van der Waals surface area contributed by atoms with E-state index < -0.39 is 59.8 Å². The molecule has 0 radical (unpaired) electrons. The number of H-pyrrole nitrogens is 1. The van der Waals surface area contributed by atoms with Crippen molar-refractivity contribution in [2.45, 2.75) is 38.7 Å². The number of aromatic amines is 1. The molecule has 32 heavy (non-hydrogen) atoms. The van der Waals surface area contributed by atoms with E-state index in [1.54, 1.807) is 6.92 Å². The summed E-state index contributed by atoms with van der Waals surface area (Å²) in [4.78, 5) is 61.6. The maximum absolute atomic E-state index is 12.1. The molecular weight excluding hydrogens is 501 g/mol. The van der Waals surface area contributed by atoms with Gasteiger partial charge in [-0.1, -0.05) is 6.08 Å². The Morgan fingerprint density at radius 3 is 2.44 bits per heavy atom. The Kier molecular flexibility index (Phi) is 8.59. The summed E-state index contributed by atoms with van der Waals surface area (Å²) in [6, 6.07) is 0. The predicted molar refractivity (Wildman–Crippen MR) is 104 cm³/mol. The van der Waals surface area contributed by atoms with Gasteiger partial charge in [-0.05, 0) is 13.8 Å². The van der Waals surface area contributed by atoms with Crippen LogP contribution in [0.3, 0.4) is 0 Å². The number of phosphoric acid groups is 3. The minimum absolute atomic E-state index is 0.0418. The molecule has 1 fully saturated rings. The van der Waals surface area contributed by atoms with Crippen molar-refractivity contribution < 1.29 is 55.9 Å². The van der Waals surface area contributed by atoms with Crippen molar-refractivity contribution >= 4 is 23.5 Å². The zero-order chi connectivity index (χ0) is 24.3. The van der Waals surface area contributed by atoms with Crippen LogP contribution < -0.4 is 11.2 Å². The molecule has 0 aromatic carbocycles. The molecule has 0 saturated carbocycles. The number of hydrogen-bond donors (Lipinski definition) is 5. The molecule has 182 valence electrons. The predicted octanol–water partition coefficient (Wildman–Crippen LogP) is 0.395. The van der Waals surface area contributed by atoms with Crippen LogP contribution in [0.2, 0.25) is 0 Å². The van der Waals surface area contributed by atoms with Gasteiger partial charge in [-0.3, -0.25) is 18.9 Å². The number of rotatable bonds is 10. The summed E-state index contributed by atoms with van der Waals surface area (Å²) in [6.45, 7) is 2.34. The summed E-state index contributed by atoms with van der Waals surface area (Å²) in [6.07, 6.45) is 1.20. The Morgan fingerprint density at radius 2 is 1.84 bits per heavy atom. The number of phosphoric ester groups is 1. The third-order valence-corrected chi connectivity index (χ3v) is 7.65. The second-order valence-electron chi connectivity index (χ2n) is 6.37. The van der Waals surface area contributed by atoms with Gasteiger partial charge < -0.3 is 29.0 Å². The van der Waals surface area contributed by atoms with E-state index in [1.807, 2.05) is 0 Å². The van der Waals surface area contributed by atoms with Crippen LogP contribution in [0.4, 0.5) is 0 Å². The summed E-state index contributed by atoms with van der Waals surface area (Å²) < 4.78 is 58.0. The Morgan fingerprint density at radius 1 is 1.19 bits per heavy atom. The molecule has 19 heteroatoms. The van der Waals surface area contributed by atoms with Gasteiger partial charge in [0.1, 0.15) is 18.4 Å². The molecule has 2 rings (SSSR count). The quantitative estimate of drug-likeness (QED) is 0.207. The molecule has 2 unspecified atom stereocenters. The van der Waals surface area contributed by atoms with Gasteiger partial charge in [0.05, 0.1) is 12.9 Å². The molecule has 1 saturated heterocycles. The lowest BCUT2D eigenvalue weighted by atomic mass is 10.2. The lowest BCUT2D eigenvalue weighted by Crippen LogP contribution is -2.33. The molecule has 0 bridgehead atoms. The van der Waals surface area contributed by atoms with E-state index in [0.29, 0.717) is 0 Å². The number of allylic oxidation sites excluding steroid dienone is 1. The largest absolute Gasteiger partial charge is 0.495 e. The zero-order valence-electron chi connectivity index (χ0n) is 16.5. The molecule has 1 aromatic rings. The van der Waals surface area contributed by atoms with E-state index in [9.17, 15) is 33.1 Å². The van der Waals surface area contributed by atoms with Gasteiger partial charge in [-0.25, -0.2) is 18.5 Å². The SMILES string of the molecule is CC=CO[C@H]1C[C@H](n2cc(C)c(=O)[nH]c2=O)O[C@@H]1COP(=O)(O)OP(=O)(O)OP(=O)(O)O. The smallest absolute Gasteiger partial charge is 0.490 e. The van der Waals surface area contributed by atoms with Crippen LogP contribution in [-0.4, -0.2) is 47.9 Å². The summed E-state index contributed by atoms with van der Waals surface area (Å²) >= 11 is 0. The molecule has 16 nitrogen and oxygen atoms in total. The summed E-state index contributed by atoms with van der Waals surface area (Å²) in [7, 11) is -16.6. The highest BCUT2D eigenvalue weighted by Gasteiger charge is 2.43. The van der Waals surface area contributed by atoms with Gasteiger partial charge >= 0.3 is 29.2 Å². The first kappa shape index (κ1) is 26.8. The maximum Gasteiger partial charge on any atom is 0.490 e. The summed E-state index contributed by atoms with van der Waals surface area (Å²) in [5.74, 6) is 0. The highest BCUT2D eigenvalue weighted by molar-refractivity contribution is 7.66. The van der Waals surface area contributed by atoms with Gasteiger partial charge in [0.25, 0.3) is 5.56 Å². The van der Waals surface area contributed by atoms with Crippen LogP contribution in [0.5, 0.6) is 0 Å². The number of nitrogens with zero attached hydrogens (tertiary/aromatic N) is 1. The lowest BCUT2D eigenvalue weighted by molar-refractivity contribution is -0.0472. The first-order valence-electron chi connectivity index (χ1n) is 8.65. The standard InChI is InChI=1S/C13H21N2O14P3/c1-3-4-25-9-5-11(15-6-8(2)12(16)14-13(15)17)27-10(9)7-26-31(21,22)29-32(23,24)28-30(18,19)20/h3-4,6,9-11H,5,7H2,1-2H3,(H,21,22)(H,23,24)(H,14,16,17)(H2,18,19,20)/t9-,10+,11+/m0/s1. The Labute approximate surface area is 179 Å². The average molecular weight is 522 g/mol.